The second-order valence-electron chi connectivity index (χ2n) is 6.68. The third kappa shape index (κ3) is 6.61. The highest BCUT2D eigenvalue weighted by Gasteiger charge is 2.17. The molecule has 166 valence electrons. The molecule has 0 aromatic heterocycles. The molecule has 32 heavy (non-hydrogen) atoms. The van der Waals surface area contributed by atoms with E-state index in [1.165, 1.54) is 36.3 Å². The summed E-state index contributed by atoms with van der Waals surface area (Å²) >= 11 is 5.84. The number of carbonyl (C=O) groups is 2. The maximum absolute atomic E-state index is 13.4. The van der Waals surface area contributed by atoms with E-state index in [-0.39, 0.29) is 13.1 Å². The molecule has 0 saturated carbocycles. The Morgan fingerprint density at radius 2 is 1.69 bits per heavy atom. The number of nitrogens with zero attached hydrogens (tertiary/aromatic N) is 1. The van der Waals surface area contributed by atoms with Crippen molar-refractivity contribution in [1.82, 2.24) is 5.32 Å². The van der Waals surface area contributed by atoms with Crippen LogP contribution in [0.15, 0.2) is 72.8 Å². The highest BCUT2D eigenvalue weighted by molar-refractivity contribution is 6.30. The summed E-state index contributed by atoms with van der Waals surface area (Å²) in [7, 11) is 1.53. The lowest BCUT2D eigenvalue weighted by Crippen LogP contribution is -2.42. The first kappa shape index (κ1) is 22.9. The average Bonchev–Trinajstić information content (AvgIpc) is 2.79. The Labute approximate surface area is 190 Å². The van der Waals surface area contributed by atoms with Gasteiger partial charge in [0.05, 0.1) is 7.11 Å². The van der Waals surface area contributed by atoms with Crippen LogP contribution in [0.4, 0.5) is 31.0 Å². The number of anilines is 3. The van der Waals surface area contributed by atoms with Crippen LogP contribution >= 0.6 is 11.6 Å². The van der Waals surface area contributed by atoms with Crippen LogP contribution in [-0.4, -0.2) is 32.3 Å². The van der Waals surface area contributed by atoms with Crippen molar-refractivity contribution in [2.45, 2.75) is 0 Å². The SMILES string of the molecule is COc1cccc(NC(=O)N(CCNC(=O)Nc2ccc(Cl)cc2)c2ccc(F)cc2)c1. The Morgan fingerprint density at radius 1 is 0.969 bits per heavy atom. The van der Waals surface area contributed by atoms with Crippen LogP contribution in [-0.2, 0) is 0 Å². The van der Waals surface area contributed by atoms with Crippen molar-refractivity contribution in [2.75, 3.05) is 35.7 Å². The minimum absolute atomic E-state index is 0.148. The molecule has 0 aliphatic carbocycles. The zero-order valence-corrected chi connectivity index (χ0v) is 18.0. The van der Waals surface area contributed by atoms with Gasteiger partial charge in [-0.3, -0.25) is 4.90 Å². The first-order valence-corrected chi connectivity index (χ1v) is 10.1. The number of ether oxygens (including phenoxy) is 1. The summed E-state index contributed by atoms with van der Waals surface area (Å²) in [5.74, 6) is 0.180. The van der Waals surface area contributed by atoms with E-state index in [9.17, 15) is 14.0 Å². The van der Waals surface area contributed by atoms with Gasteiger partial charge in [0.15, 0.2) is 0 Å². The zero-order chi connectivity index (χ0) is 22.9. The maximum Gasteiger partial charge on any atom is 0.326 e. The monoisotopic (exact) mass is 456 g/mol. The summed E-state index contributed by atoms with van der Waals surface area (Å²) in [6.45, 7) is 0.303. The molecule has 3 aromatic carbocycles. The summed E-state index contributed by atoms with van der Waals surface area (Å²) < 4.78 is 18.5. The van der Waals surface area contributed by atoms with Crippen LogP contribution in [0.1, 0.15) is 0 Å². The fourth-order valence-electron chi connectivity index (χ4n) is 2.85. The van der Waals surface area contributed by atoms with Crippen LogP contribution < -0.4 is 25.6 Å². The number of benzene rings is 3. The molecule has 4 amide bonds. The summed E-state index contributed by atoms with van der Waals surface area (Å²) in [6, 6.07) is 18.2. The Balaban J connectivity index is 1.64. The van der Waals surface area contributed by atoms with Gasteiger partial charge in [-0.05, 0) is 60.7 Å². The normalized spacial score (nSPS) is 10.2. The molecular weight excluding hydrogens is 435 g/mol. The summed E-state index contributed by atoms with van der Waals surface area (Å²) in [5, 5.41) is 8.72. The van der Waals surface area contributed by atoms with Gasteiger partial charge in [-0.2, -0.15) is 0 Å². The molecule has 0 unspecified atom stereocenters. The van der Waals surface area contributed by atoms with Gasteiger partial charge in [0.1, 0.15) is 11.6 Å². The molecule has 7 nitrogen and oxygen atoms in total. The van der Waals surface area contributed by atoms with Gasteiger partial charge in [0, 0.05) is 41.2 Å². The number of halogens is 2. The third-order valence-corrected chi connectivity index (χ3v) is 4.68. The topological polar surface area (TPSA) is 82.7 Å². The van der Waals surface area contributed by atoms with E-state index >= 15 is 0 Å². The van der Waals surface area contributed by atoms with E-state index in [2.05, 4.69) is 16.0 Å². The maximum atomic E-state index is 13.4. The third-order valence-electron chi connectivity index (χ3n) is 4.43. The first-order chi connectivity index (χ1) is 15.4. The van der Waals surface area contributed by atoms with Gasteiger partial charge in [0.2, 0.25) is 0 Å². The molecule has 0 saturated heterocycles. The molecule has 3 N–H and O–H groups in total. The molecule has 3 aromatic rings. The predicted octanol–water partition coefficient (Wildman–Crippen LogP) is 5.35. The molecule has 3 rings (SSSR count). The van der Waals surface area contributed by atoms with E-state index in [0.717, 1.165) is 0 Å². The van der Waals surface area contributed by atoms with Gasteiger partial charge in [-0.25, -0.2) is 14.0 Å². The number of carbonyl (C=O) groups excluding carboxylic acids is 2. The Kier molecular flexibility index (Phi) is 7.88. The number of urea groups is 2. The Morgan fingerprint density at radius 3 is 2.38 bits per heavy atom. The smallest absolute Gasteiger partial charge is 0.326 e. The number of nitrogens with one attached hydrogen (secondary N) is 3. The molecule has 0 atom stereocenters. The van der Waals surface area contributed by atoms with Crippen molar-refractivity contribution in [3.05, 3.63) is 83.6 Å². The zero-order valence-electron chi connectivity index (χ0n) is 17.3. The minimum Gasteiger partial charge on any atom is -0.497 e. The number of hydrogen-bond acceptors (Lipinski definition) is 3. The fraction of sp³-hybridized carbons (Fsp3) is 0.130. The molecule has 0 fully saturated rings. The molecule has 0 bridgehead atoms. The lowest BCUT2D eigenvalue weighted by Gasteiger charge is -2.23. The molecule has 0 heterocycles. The molecule has 0 aliphatic heterocycles. The largest absolute Gasteiger partial charge is 0.497 e. The summed E-state index contributed by atoms with van der Waals surface area (Å²) in [6.07, 6.45) is 0. The summed E-state index contributed by atoms with van der Waals surface area (Å²) in [4.78, 5) is 26.5. The second kappa shape index (κ2) is 11.0. The lowest BCUT2D eigenvalue weighted by molar-refractivity contribution is 0.250. The van der Waals surface area contributed by atoms with Crippen molar-refractivity contribution >= 4 is 40.7 Å². The van der Waals surface area contributed by atoms with E-state index in [1.807, 2.05) is 0 Å². The molecule has 0 radical (unpaired) electrons. The van der Waals surface area contributed by atoms with Gasteiger partial charge in [0.25, 0.3) is 0 Å². The lowest BCUT2D eigenvalue weighted by atomic mass is 10.2. The van der Waals surface area contributed by atoms with Crippen molar-refractivity contribution in [3.63, 3.8) is 0 Å². The van der Waals surface area contributed by atoms with Crippen LogP contribution in [0.25, 0.3) is 0 Å². The summed E-state index contributed by atoms with van der Waals surface area (Å²) in [5.41, 5.74) is 1.60. The molecule has 0 spiro atoms. The predicted molar refractivity (Wildman–Crippen MR) is 124 cm³/mol. The van der Waals surface area contributed by atoms with E-state index in [1.54, 1.807) is 48.5 Å². The molecular formula is C23H22ClFN4O3. The number of amides is 4. The minimum atomic E-state index is -0.440. The van der Waals surface area contributed by atoms with Gasteiger partial charge in [-0.1, -0.05) is 17.7 Å². The van der Waals surface area contributed by atoms with Gasteiger partial charge < -0.3 is 20.7 Å². The van der Waals surface area contributed by atoms with E-state index < -0.39 is 17.9 Å². The molecule has 0 aliphatic rings. The van der Waals surface area contributed by atoms with Crippen molar-refractivity contribution in [2.24, 2.45) is 0 Å². The second-order valence-corrected chi connectivity index (χ2v) is 7.11. The first-order valence-electron chi connectivity index (χ1n) is 9.73. The van der Waals surface area contributed by atoms with Crippen molar-refractivity contribution in [1.29, 1.82) is 0 Å². The molecule has 9 heteroatoms. The highest BCUT2D eigenvalue weighted by Crippen LogP contribution is 2.20. The van der Waals surface area contributed by atoms with Gasteiger partial charge >= 0.3 is 12.1 Å². The quantitative estimate of drug-likeness (QED) is 0.448. The van der Waals surface area contributed by atoms with Gasteiger partial charge in [-0.15, -0.1) is 0 Å². The van der Waals surface area contributed by atoms with Crippen molar-refractivity contribution in [3.8, 4) is 5.75 Å². The van der Waals surface area contributed by atoms with Crippen LogP contribution in [0.3, 0.4) is 0 Å². The van der Waals surface area contributed by atoms with E-state index in [0.29, 0.717) is 27.8 Å². The van der Waals surface area contributed by atoms with Crippen molar-refractivity contribution < 1.29 is 18.7 Å². The average molecular weight is 457 g/mol. The number of rotatable bonds is 7. The number of hydrogen-bond donors (Lipinski definition) is 3. The van der Waals surface area contributed by atoms with Crippen LogP contribution in [0.5, 0.6) is 5.75 Å². The fourth-order valence-corrected chi connectivity index (χ4v) is 2.98. The highest BCUT2D eigenvalue weighted by atomic mass is 35.5. The van der Waals surface area contributed by atoms with Crippen LogP contribution in [0, 0.1) is 5.82 Å². The standard InChI is InChI=1S/C23H22ClFN4O3/c1-32-21-4-2-3-19(15-21)28-23(31)29(20-11-7-17(25)8-12-20)14-13-26-22(30)27-18-9-5-16(24)6-10-18/h2-12,15H,13-14H2,1H3,(H,28,31)(H2,26,27,30). The number of methoxy groups -OCH3 is 1. The van der Waals surface area contributed by atoms with E-state index in [4.69, 9.17) is 16.3 Å². The van der Waals surface area contributed by atoms with Crippen LogP contribution in [0.2, 0.25) is 5.02 Å². The Bertz CT molecular complexity index is 1060. The Hall–Kier alpha value is -3.78.